The highest BCUT2D eigenvalue weighted by Crippen LogP contribution is 2.36. The first-order chi connectivity index (χ1) is 6.26. The Morgan fingerprint density at radius 3 is 2.14 bits per heavy atom. The van der Waals surface area contributed by atoms with Crippen molar-refractivity contribution in [2.75, 3.05) is 11.5 Å². The minimum Gasteiger partial charge on any atom is -0.387 e. The number of rotatable bonds is 2. The molecule has 1 saturated heterocycles. The van der Waals surface area contributed by atoms with Crippen LogP contribution in [0.25, 0.3) is 0 Å². The fraction of sp³-hybridized carbons (Fsp3) is 1.00. The van der Waals surface area contributed by atoms with Gasteiger partial charge in [-0.15, -0.1) is 0 Å². The van der Waals surface area contributed by atoms with Crippen LogP contribution in [0.15, 0.2) is 0 Å². The van der Waals surface area contributed by atoms with E-state index in [4.69, 9.17) is 5.11 Å². The van der Waals surface area contributed by atoms with Gasteiger partial charge in [0, 0.05) is 5.92 Å². The lowest BCUT2D eigenvalue weighted by Gasteiger charge is -2.31. The number of alkyl halides is 2. The maximum Gasteiger partial charge on any atom is 0.275 e. The van der Waals surface area contributed by atoms with Crippen LogP contribution in [0.1, 0.15) is 19.8 Å². The number of sulfone groups is 1. The number of hydrogen-bond donors (Lipinski definition) is 1. The van der Waals surface area contributed by atoms with E-state index in [-0.39, 0.29) is 24.3 Å². The molecule has 1 atom stereocenters. The number of aliphatic hydroxyl groups excluding tert-OH is 1. The molecule has 0 aromatic heterocycles. The average molecular weight is 228 g/mol. The van der Waals surface area contributed by atoms with E-state index >= 15 is 0 Å². The highest BCUT2D eigenvalue weighted by atomic mass is 32.2. The summed E-state index contributed by atoms with van der Waals surface area (Å²) in [6.45, 7) is 1.03. The molecule has 0 amide bonds. The Hall–Kier alpha value is -0.230. The van der Waals surface area contributed by atoms with Gasteiger partial charge < -0.3 is 5.11 Å². The van der Waals surface area contributed by atoms with Crippen LogP contribution in [-0.4, -0.2) is 37.1 Å². The smallest absolute Gasteiger partial charge is 0.275 e. The van der Waals surface area contributed by atoms with E-state index in [1.807, 2.05) is 0 Å². The van der Waals surface area contributed by atoms with Crippen molar-refractivity contribution in [2.24, 2.45) is 5.92 Å². The maximum atomic E-state index is 13.2. The lowest BCUT2D eigenvalue weighted by molar-refractivity contribution is -0.142. The van der Waals surface area contributed by atoms with Crippen molar-refractivity contribution in [1.82, 2.24) is 0 Å². The van der Waals surface area contributed by atoms with E-state index in [0.29, 0.717) is 0 Å². The predicted octanol–water partition coefficient (Wildman–Crippen LogP) is 0.827. The van der Waals surface area contributed by atoms with Crippen molar-refractivity contribution in [3.63, 3.8) is 0 Å². The van der Waals surface area contributed by atoms with Crippen molar-refractivity contribution in [1.29, 1.82) is 0 Å². The maximum absolute atomic E-state index is 13.2. The fourth-order valence-corrected chi connectivity index (χ4v) is 3.11. The Kier molecular flexibility index (Phi) is 3.16. The SMILES string of the molecule is CC(O)C(F)(F)C1CCS(=O)(=O)CC1. The first-order valence-corrected chi connectivity index (χ1v) is 6.34. The molecule has 1 fully saturated rings. The number of halogens is 2. The zero-order valence-corrected chi connectivity index (χ0v) is 8.73. The van der Waals surface area contributed by atoms with Crippen LogP contribution in [0.2, 0.25) is 0 Å². The summed E-state index contributed by atoms with van der Waals surface area (Å²) in [5.74, 6) is -4.57. The van der Waals surface area contributed by atoms with Gasteiger partial charge in [-0.05, 0) is 19.8 Å². The third-order valence-electron chi connectivity index (χ3n) is 2.66. The van der Waals surface area contributed by atoms with Gasteiger partial charge >= 0.3 is 0 Å². The van der Waals surface area contributed by atoms with Crippen molar-refractivity contribution in [2.45, 2.75) is 31.8 Å². The molecule has 1 heterocycles. The molecule has 1 unspecified atom stereocenters. The number of aliphatic hydroxyl groups is 1. The zero-order valence-electron chi connectivity index (χ0n) is 7.91. The molecule has 3 nitrogen and oxygen atoms in total. The van der Waals surface area contributed by atoms with E-state index in [1.54, 1.807) is 0 Å². The molecule has 0 aromatic rings. The second-order valence-electron chi connectivity index (χ2n) is 3.78. The van der Waals surface area contributed by atoms with Gasteiger partial charge in [-0.25, -0.2) is 17.2 Å². The molecule has 1 rings (SSSR count). The van der Waals surface area contributed by atoms with Gasteiger partial charge in [0.2, 0.25) is 0 Å². The quantitative estimate of drug-likeness (QED) is 0.761. The number of hydrogen-bond acceptors (Lipinski definition) is 3. The zero-order chi connectivity index (χ0) is 11.0. The van der Waals surface area contributed by atoms with E-state index < -0.39 is 27.8 Å². The monoisotopic (exact) mass is 228 g/mol. The Morgan fingerprint density at radius 2 is 1.79 bits per heavy atom. The summed E-state index contributed by atoms with van der Waals surface area (Å²) in [4.78, 5) is 0. The molecular weight excluding hydrogens is 214 g/mol. The van der Waals surface area contributed by atoms with Crippen LogP contribution in [0.4, 0.5) is 8.78 Å². The molecule has 0 bridgehead atoms. The van der Waals surface area contributed by atoms with Gasteiger partial charge in [-0.3, -0.25) is 0 Å². The van der Waals surface area contributed by atoms with Gasteiger partial charge in [0.25, 0.3) is 5.92 Å². The minimum atomic E-state index is -3.17. The van der Waals surface area contributed by atoms with E-state index in [1.165, 1.54) is 0 Å². The van der Waals surface area contributed by atoms with E-state index in [9.17, 15) is 17.2 Å². The van der Waals surface area contributed by atoms with Gasteiger partial charge in [-0.2, -0.15) is 0 Å². The summed E-state index contributed by atoms with van der Waals surface area (Å²) in [7, 11) is -3.12. The third-order valence-corrected chi connectivity index (χ3v) is 4.37. The van der Waals surface area contributed by atoms with Gasteiger partial charge in [0.1, 0.15) is 15.9 Å². The minimum absolute atomic E-state index is 0.0553. The second kappa shape index (κ2) is 3.73. The standard InChI is InChI=1S/C8H14F2O3S/c1-6(11)8(9,10)7-2-4-14(12,13)5-3-7/h6-7,11H,2-5H2,1H3. The van der Waals surface area contributed by atoms with Crippen LogP contribution in [0.3, 0.4) is 0 Å². The Balaban J connectivity index is 2.66. The van der Waals surface area contributed by atoms with Gasteiger partial charge in [0.05, 0.1) is 11.5 Å². The van der Waals surface area contributed by atoms with Crippen LogP contribution in [0, 0.1) is 5.92 Å². The molecule has 0 saturated carbocycles. The van der Waals surface area contributed by atoms with E-state index in [0.717, 1.165) is 6.92 Å². The van der Waals surface area contributed by atoms with Crippen molar-refractivity contribution in [3.8, 4) is 0 Å². The van der Waals surface area contributed by atoms with Crippen LogP contribution >= 0.6 is 0 Å². The topological polar surface area (TPSA) is 54.4 Å². The first kappa shape index (κ1) is 11.8. The molecule has 0 radical (unpaired) electrons. The Labute approximate surface area is 82.0 Å². The lowest BCUT2D eigenvalue weighted by atomic mass is 9.92. The average Bonchev–Trinajstić information content (AvgIpc) is 2.03. The van der Waals surface area contributed by atoms with Crippen LogP contribution < -0.4 is 0 Å². The summed E-state index contributed by atoms with van der Waals surface area (Å²) in [5.41, 5.74) is 0. The third kappa shape index (κ3) is 2.42. The van der Waals surface area contributed by atoms with E-state index in [2.05, 4.69) is 0 Å². The fourth-order valence-electron chi connectivity index (χ4n) is 1.62. The van der Waals surface area contributed by atoms with Gasteiger partial charge in [0.15, 0.2) is 0 Å². The van der Waals surface area contributed by atoms with Crippen LogP contribution in [-0.2, 0) is 9.84 Å². The summed E-state index contributed by atoms with van der Waals surface area (Å²) in [6, 6.07) is 0. The molecule has 6 heteroatoms. The highest BCUT2D eigenvalue weighted by molar-refractivity contribution is 7.91. The molecule has 14 heavy (non-hydrogen) atoms. The normalized spacial score (nSPS) is 26.0. The molecule has 84 valence electrons. The van der Waals surface area contributed by atoms with Crippen molar-refractivity contribution < 1.29 is 22.3 Å². The van der Waals surface area contributed by atoms with Crippen LogP contribution in [0.5, 0.6) is 0 Å². The Bertz CT molecular complexity index is 284. The largest absolute Gasteiger partial charge is 0.387 e. The summed E-state index contributed by atoms with van der Waals surface area (Å²) >= 11 is 0. The summed E-state index contributed by atoms with van der Waals surface area (Å²) < 4.78 is 48.4. The molecule has 1 aliphatic rings. The molecule has 0 spiro atoms. The molecule has 1 aliphatic heterocycles. The highest BCUT2D eigenvalue weighted by Gasteiger charge is 2.46. The molecule has 0 aromatic carbocycles. The molecule has 1 N–H and O–H groups in total. The van der Waals surface area contributed by atoms with Crippen molar-refractivity contribution in [3.05, 3.63) is 0 Å². The first-order valence-electron chi connectivity index (χ1n) is 4.52. The van der Waals surface area contributed by atoms with Gasteiger partial charge in [-0.1, -0.05) is 0 Å². The lowest BCUT2D eigenvalue weighted by Crippen LogP contribution is -2.42. The molecule has 0 aliphatic carbocycles. The molecular formula is C8H14F2O3S. The van der Waals surface area contributed by atoms with Crippen molar-refractivity contribution >= 4 is 9.84 Å². The summed E-state index contributed by atoms with van der Waals surface area (Å²) in [6.07, 6.45) is -1.83. The summed E-state index contributed by atoms with van der Waals surface area (Å²) in [5, 5.41) is 8.86. The Morgan fingerprint density at radius 1 is 1.36 bits per heavy atom. The predicted molar refractivity (Wildman–Crippen MR) is 48.0 cm³/mol. The second-order valence-corrected chi connectivity index (χ2v) is 6.08.